The Hall–Kier alpha value is -1.36. The normalized spacial score (nSPS) is 17.9. The molecular formula is C14H20N2O2S. The maximum Gasteiger partial charge on any atom is 0.243 e. The van der Waals surface area contributed by atoms with Gasteiger partial charge in [-0.15, -0.1) is 11.3 Å². The van der Waals surface area contributed by atoms with E-state index in [1.54, 1.807) is 11.3 Å². The van der Waals surface area contributed by atoms with Gasteiger partial charge in [-0.3, -0.25) is 9.59 Å². The number of hydrogen-bond acceptors (Lipinski definition) is 3. The summed E-state index contributed by atoms with van der Waals surface area (Å²) in [4.78, 5) is 25.0. The van der Waals surface area contributed by atoms with Crippen molar-refractivity contribution in [1.82, 2.24) is 5.32 Å². The second-order valence-corrected chi connectivity index (χ2v) is 6.35. The van der Waals surface area contributed by atoms with Gasteiger partial charge in [-0.1, -0.05) is 19.3 Å². The molecule has 0 aliphatic heterocycles. The molecule has 2 amide bonds. The highest BCUT2D eigenvalue weighted by atomic mass is 32.1. The number of nitrogens with two attached hydrogens (primary N) is 1. The monoisotopic (exact) mass is 280 g/mol. The average molecular weight is 280 g/mol. The van der Waals surface area contributed by atoms with E-state index in [2.05, 4.69) is 5.32 Å². The highest BCUT2D eigenvalue weighted by Gasteiger charge is 2.39. The molecule has 1 aliphatic carbocycles. The molecule has 1 fully saturated rings. The van der Waals surface area contributed by atoms with Crippen LogP contribution in [0.1, 0.15) is 42.5 Å². The molecular weight excluding hydrogens is 260 g/mol. The maximum absolute atomic E-state index is 12.1. The van der Waals surface area contributed by atoms with Crippen molar-refractivity contribution in [2.45, 2.75) is 51.0 Å². The van der Waals surface area contributed by atoms with E-state index < -0.39 is 11.4 Å². The predicted molar refractivity (Wildman–Crippen MR) is 75.9 cm³/mol. The van der Waals surface area contributed by atoms with Crippen molar-refractivity contribution in [1.29, 1.82) is 0 Å². The third-order valence-corrected chi connectivity index (χ3v) is 4.76. The molecule has 104 valence electrons. The van der Waals surface area contributed by atoms with Crippen molar-refractivity contribution >= 4 is 23.2 Å². The summed E-state index contributed by atoms with van der Waals surface area (Å²) in [5.74, 6) is -0.509. The summed E-state index contributed by atoms with van der Waals surface area (Å²) < 4.78 is 0. The van der Waals surface area contributed by atoms with E-state index >= 15 is 0 Å². The predicted octanol–water partition coefficient (Wildman–Crippen LogP) is 1.90. The van der Waals surface area contributed by atoms with Crippen LogP contribution in [0, 0.1) is 6.92 Å². The maximum atomic E-state index is 12.1. The Labute approximate surface area is 117 Å². The Morgan fingerprint density at radius 3 is 2.58 bits per heavy atom. The molecule has 0 bridgehead atoms. The van der Waals surface area contributed by atoms with Gasteiger partial charge in [-0.05, 0) is 36.8 Å². The van der Waals surface area contributed by atoms with E-state index in [1.807, 2.05) is 18.4 Å². The van der Waals surface area contributed by atoms with Gasteiger partial charge in [0.1, 0.15) is 5.54 Å². The zero-order valence-electron chi connectivity index (χ0n) is 11.2. The van der Waals surface area contributed by atoms with Gasteiger partial charge >= 0.3 is 0 Å². The van der Waals surface area contributed by atoms with Crippen LogP contribution >= 0.6 is 11.3 Å². The van der Waals surface area contributed by atoms with Gasteiger partial charge in [0, 0.05) is 4.88 Å². The van der Waals surface area contributed by atoms with E-state index in [9.17, 15) is 9.59 Å². The van der Waals surface area contributed by atoms with Crippen LogP contribution in [-0.4, -0.2) is 17.4 Å². The largest absolute Gasteiger partial charge is 0.368 e. The minimum atomic E-state index is -0.820. The molecule has 1 aromatic rings. The third kappa shape index (κ3) is 3.15. The van der Waals surface area contributed by atoms with E-state index in [0.29, 0.717) is 19.3 Å². The van der Waals surface area contributed by atoms with Crippen molar-refractivity contribution < 1.29 is 9.59 Å². The number of hydrogen-bond donors (Lipinski definition) is 2. The molecule has 0 atom stereocenters. The summed E-state index contributed by atoms with van der Waals surface area (Å²) in [5, 5.41) is 4.86. The molecule has 19 heavy (non-hydrogen) atoms. The van der Waals surface area contributed by atoms with E-state index in [-0.39, 0.29) is 5.91 Å². The number of amides is 2. The van der Waals surface area contributed by atoms with E-state index in [1.165, 1.54) is 0 Å². The topological polar surface area (TPSA) is 72.2 Å². The zero-order chi connectivity index (χ0) is 13.9. The van der Waals surface area contributed by atoms with Crippen LogP contribution < -0.4 is 11.1 Å². The quantitative estimate of drug-likeness (QED) is 0.884. The summed E-state index contributed by atoms with van der Waals surface area (Å²) in [6, 6.07) is 1.96. The van der Waals surface area contributed by atoms with Crippen molar-refractivity contribution in [3.63, 3.8) is 0 Å². The molecule has 0 spiro atoms. The first-order chi connectivity index (χ1) is 9.03. The second-order valence-electron chi connectivity index (χ2n) is 5.23. The fourth-order valence-corrected chi connectivity index (χ4v) is 3.40. The lowest BCUT2D eigenvalue weighted by molar-refractivity contribution is -0.132. The Morgan fingerprint density at radius 1 is 1.37 bits per heavy atom. The molecule has 0 aromatic carbocycles. The van der Waals surface area contributed by atoms with Crippen LogP contribution in [0.25, 0.3) is 0 Å². The molecule has 0 radical (unpaired) electrons. The Balaban J connectivity index is 2.03. The fraction of sp³-hybridized carbons (Fsp3) is 0.571. The highest BCUT2D eigenvalue weighted by Crippen LogP contribution is 2.28. The molecule has 2 rings (SSSR count). The molecule has 0 saturated heterocycles. The van der Waals surface area contributed by atoms with Crippen LogP contribution in [-0.2, 0) is 16.0 Å². The van der Waals surface area contributed by atoms with Crippen LogP contribution in [0.15, 0.2) is 11.4 Å². The minimum Gasteiger partial charge on any atom is -0.368 e. The molecule has 5 heteroatoms. The lowest BCUT2D eigenvalue weighted by Crippen LogP contribution is -2.58. The van der Waals surface area contributed by atoms with Gasteiger partial charge in [0.2, 0.25) is 11.8 Å². The van der Waals surface area contributed by atoms with Crippen molar-refractivity contribution in [2.75, 3.05) is 0 Å². The first-order valence-electron chi connectivity index (χ1n) is 6.67. The molecule has 1 aliphatic rings. The SMILES string of the molecule is Cc1sccc1CC(=O)NC1(C(N)=O)CCCCC1. The van der Waals surface area contributed by atoms with Crippen LogP contribution in [0.4, 0.5) is 0 Å². The minimum absolute atomic E-state index is 0.109. The smallest absolute Gasteiger partial charge is 0.243 e. The fourth-order valence-electron chi connectivity index (χ4n) is 2.67. The Morgan fingerprint density at radius 2 is 2.05 bits per heavy atom. The number of thiophene rings is 1. The number of carbonyl (C=O) groups is 2. The number of rotatable bonds is 4. The average Bonchev–Trinajstić information content (AvgIpc) is 2.76. The number of aryl methyl sites for hydroxylation is 1. The van der Waals surface area contributed by atoms with Gasteiger partial charge in [0.15, 0.2) is 0 Å². The first-order valence-corrected chi connectivity index (χ1v) is 7.55. The molecule has 1 heterocycles. The number of carbonyl (C=O) groups excluding carboxylic acids is 2. The molecule has 0 unspecified atom stereocenters. The van der Waals surface area contributed by atoms with Crippen LogP contribution in [0.5, 0.6) is 0 Å². The van der Waals surface area contributed by atoms with Gasteiger partial charge in [0.25, 0.3) is 0 Å². The van der Waals surface area contributed by atoms with Gasteiger partial charge in [-0.25, -0.2) is 0 Å². The number of primary amides is 1. The van der Waals surface area contributed by atoms with E-state index in [0.717, 1.165) is 29.7 Å². The Kier molecular flexibility index (Phi) is 4.24. The summed E-state index contributed by atoms with van der Waals surface area (Å²) in [6.45, 7) is 2.00. The number of nitrogens with one attached hydrogen (secondary N) is 1. The van der Waals surface area contributed by atoms with Gasteiger partial charge in [0.05, 0.1) is 6.42 Å². The Bertz CT molecular complexity index is 476. The summed E-state index contributed by atoms with van der Waals surface area (Å²) in [5.41, 5.74) is 5.71. The highest BCUT2D eigenvalue weighted by molar-refractivity contribution is 7.10. The van der Waals surface area contributed by atoms with Crippen molar-refractivity contribution in [3.05, 3.63) is 21.9 Å². The molecule has 3 N–H and O–H groups in total. The third-order valence-electron chi connectivity index (χ3n) is 3.87. The van der Waals surface area contributed by atoms with Crippen molar-refractivity contribution in [3.8, 4) is 0 Å². The van der Waals surface area contributed by atoms with Gasteiger partial charge in [-0.2, -0.15) is 0 Å². The van der Waals surface area contributed by atoms with Crippen LogP contribution in [0.2, 0.25) is 0 Å². The van der Waals surface area contributed by atoms with Crippen LogP contribution in [0.3, 0.4) is 0 Å². The molecule has 1 aromatic heterocycles. The summed E-state index contributed by atoms with van der Waals surface area (Å²) in [7, 11) is 0. The molecule has 1 saturated carbocycles. The summed E-state index contributed by atoms with van der Waals surface area (Å²) >= 11 is 1.63. The standard InChI is InChI=1S/C14H20N2O2S/c1-10-11(5-8-19-10)9-12(17)16-14(13(15)18)6-3-2-4-7-14/h5,8H,2-4,6-7,9H2,1H3,(H2,15,18)(H,16,17). The molecule has 4 nitrogen and oxygen atoms in total. The zero-order valence-corrected chi connectivity index (χ0v) is 12.0. The van der Waals surface area contributed by atoms with E-state index in [4.69, 9.17) is 5.73 Å². The summed E-state index contributed by atoms with van der Waals surface area (Å²) in [6.07, 6.45) is 4.65. The van der Waals surface area contributed by atoms with Crippen molar-refractivity contribution in [2.24, 2.45) is 5.73 Å². The first kappa shape index (κ1) is 14.1. The van der Waals surface area contributed by atoms with Gasteiger partial charge < -0.3 is 11.1 Å². The second kappa shape index (κ2) is 5.74. The lowest BCUT2D eigenvalue weighted by Gasteiger charge is -2.35. The lowest BCUT2D eigenvalue weighted by atomic mass is 9.81.